The van der Waals surface area contributed by atoms with E-state index >= 15 is 0 Å². The van der Waals surface area contributed by atoms with Gasteiger partial charge in [-0.15, -0.1) is 0 Å². The number of hydrogen-bond acceptors (Lipinski definition) is 1. The third-order valence-electron chi connectivity index (χ3n) is 2.66. The quantitative estimate of drug-likeness (QED) is 0.491. The van der Waals surface area contributed by atoms with Gasteiger partial charge in [-0.3, -0.25) is 0 Å². The number of rotatable bonds is 4. The molecule has 100 valence electrons. The second-order valence-corrected chi connectivity index (χ2v) is 7.02. The van der Waals surface area contributed by atoms with Crippen molar-refractivity contribution in [3.05, 3.63) is 44.4 Å². The van der Waals surface area contributed by atoms with E-state index in [9.17, 15) is 0 Å². The van der Waals surface area contributed by atoms with Crippen LogP contribution in [0, 0.1) is 0 Å². The first-order valence-corrected chi connectivity index (χ1v) is 7.62. The molecular weight excluding hydrogens is 356 g/mol. The maximum atomic E-state index is 5.68. The summed E-state index contributed by atoms with van der Waals surface area (Å²) in [6, 6.07) is 4.25. The summed E-state index contributed by atoms with van der Waals surface area (Å²) in [5.41, 5.74) is 2.64. The number of hydrogen-bond donors (Lipinski definition) is 0. The molecule has 1 aromatic carbocycles. The molecule has 0 aromatic heterocycles. The molecule has 0 saturated carbocycles. The van der Waals surface area contributed by atoms with Gasteiger partial charge in [0.15, 0.2) is 0 Å². The summed E-state index contributed by atoms with van der Waals surface area (Å²) >= 11 is 7.18. The Kier molecular flexibility index (Phi) is 6.09. The normalized spacial score (nSPS) is 12.3. The molecule has 0 N–H and O–H groups in total. The van der Waals surface area contributed by atoms with Crippen molar-refractivity contribution in [2.45, 2.75) is 39.7 Å². The number of benzene rings is 1. The molecule has 3 heteroatoms. The van der Waals surface area contributed by atoms with Gasteiger partial charge in [0.1, 0.15) is 0 Å². The molecule has 1 aromatic rings. The lowest BCUT2D eigenvalue weighted by atomic mass is 9.84. The fourth-order valence-corrected chi connectivity index (χ4v) is 3.08. The van der Waals surface area contributed by atoms with Gasteiger partial charge in [0.25, 0.3) is 0 Å². The molecular formula is C15H20Br2O. The van der Waals surface area contributed by atoms with Crippen LogP contribution in [0.15, 0.2) is 33.2 Å². The number of ether oxygens (including phenoxy) is 1. The third-order valence-corrected chi connectivity index (χ3v) is 3.83. The first-order valence-electron chi connectivity index (χ1n) is 6.03. The van der Waals surface area contributed by atoms with E-state index in [0.717, 1.165) is 8.95 Å². The Labute approximate surface area is 127 Å². The maximum Gasteiger partial charge on any atom is 0.0735 e. The van der Waals surface area contributed by atoms with Crippen LogP contribution in [-0.2, 0) is 16.8 Å². The van der Waals surface area contributed by atoms with Gasteiger partial charge in [0.2, 0.25) is 0 Å². The predicted molar refractivity (Wildman–Crippen MR) is 85.0 cm³/mol. The Bertz CT molecular complexity index is 431. The fraction of sp³-hybridized carbons (Fsp3) is 0.467. The van der Waals surface area contributed by atoms with E-state index in [-0.39, 0.29) is 5.41 Å². The Morgan fingerprint density at radius 2 is 1.89 bits per heavy atom. The summed E-state index contributed by atoms with van der Waals surface area (Å²) in [7, 11) is 0. The summed E-state index contributed by atoms with van der Waals surface area (Å²) in [5.74, 6) is 0. The van der Waals surface area contributed by atoms with Crippen molar-refractivity contribution in [3.63, 3.8) is 0 Å². The van der Waals surface area contributed by atoms with Gasteiger partial charge in [0.05, 0.1) is 13.2 Å². The van der Waals surface area contributed by atoms with Crippen molar-refractivity contribution in [2.75, 3.05) is 6.61 Å². The first kappa shape index (κ1) is 15.9. The third kappa shape index (κ3) is 4.52. The highest BCUT2D eigenvalue weighted by molar-refractivity contribution is 9.11. The summed E-state index contributed by atoms with van der Waals surface area (Å²) < 4.78 is 7.88. The molecule has 0 aliphatic rings. The molecule has 0 atom stereocenters. The largest absolute Gasteiger partial charge is 0.373 e. The van der Waals surface area contributed by atoms with Crippen LogP contribution in [0.5, 0.6) is 0 Å². The molecule has 0 aliphatic carbocycles. The number of halogens is 2. The van der Waals surface area contributed by atoms with Gasteiger partial charge in [0, 0.05) is 8.95 Å². The van der Waals surface area contributed by atoms with E-state index in [0.29, 0.717) is 13.2 Å². The minimum Gasteiger partial charge on any atom is -0.373 e. The highest BCUT2D eigenvalue weighted by Gasteiger charge is 2.20. The standard InChI is InChI=1S/C15H20Br2O/c1-5-6-7-18-10-12-13(15(2,3)4)8-11(16)9-14(12)17/h5-6,8-9H,7,10H2,1-4H3. The van der Waals surface area contributed by atoms with Gasteiger partial charge in [-0.05, 0) is 35.6 Å². The maximum absolute atomic E-state index is 5.68. The summed E-state index contributed by atoms with van der Waals surface area (Å²) in [6.45, 7) is 9.94. The first-order chi connectivity index (χ1) is 8.36. The van der Waals surface area contributed by atoms with Crippen molar-refractivity contribution >= 4 is 31.9 Å². The van der Waals surface area contributed by atoms with Crippen LogP contribution in [0.4, 0.5) is 0 Å². The van der Waals surface area contributed by atoms with Crippen molar-refractivity contribution in [3.8, 4) is 0 Å². The zero-order chi connectivity index (χ0) is 13.8. The molecule has 0 fully saturated rings. The van der Waals surface area contributed by atoms with Crippen molar-refractivity contribution < 1.29 is 4.74 Å². The van der Waals surface area contributed by atoms with Gasteiger partial charge < -0.3 is 4.74 Å². The average Bonchev–Trinajstić information content (AvgIpc) is 2.24. The van der Waals surface area contributed by atoms with E-state index in [1.165, 1.54) is 11.1 Å². The topological polar surface area (TPSA) is 9.23 Å². The number of allylic oxidation sites excluding steroid dienone is 1. The van der Waals surface area contributed by atoms with Crippen LogP contribution in [0.1, 0.15) is 38.8 Å². The fourth-order valence-electron chi connectivity index (χ4n) is 1.74. The zero-order valence-corrected chi connectivity index (χ0v) is 14.6. The Balaban J connectivity index is 3.01. The summed E-state index contributed by atoms with van der Waals surface area (Å²) in [4.78, 5) is 0. The summed E-state index contributed by atoms with van der Waals surface area (Å²) in [5, 5.41) is 0. The molecule has 0 saturated heterocycles. The molecule has 0 spiro atoms. The van der Waals surface area contributed by atoms with Gasteiger partial charge >= 0.3 is 0 Å². The van der Waals surface area contributed by atoms with Crippen LogP contribution in [0.25, 0.3) is 0 Å². The van der Waals surface area contributed by atoms with Crippen molar-refractivity contribution in [1.29, 1.82) is 0 Å². The van der Waals surface area contributed by atoms with E-state index in [1.807, 2.05) is 19.1 Å². The van der Waals surface area contributed by atoms with Gasteiger partial charge in [-0.2, -0.15) is 0 Å². The van der Waals surface area contributed by atoms with Crippen LogP contribution < -0.4 is 0 Å². The van der Waals surface area contributed by atoms with Gasteiger partial charge in [-0.25, -0.2) is 0 Å². The van der Waals surface area contributed by atoms with E-state index < -0.39 is 0 Å². The molecule has 0 amide bonds. The van der Waals surface area contributed by atoms with E-state index in [1.54, 1.807) is 0 Å². The Hall–Kier alpha value is -0.120. The molecule has 18 heavy (non-hydrogen) atoms. The second-order valence-electron chi connectivity index (χ2n) is 5.25. The molecule has 0 heterocycles. The molecule has 0 aliphatic heterocycles. The molecule has 0 bridgehead atoms. The van der Waals surface area contributed by atoms with Crippen LogP contribution in [-0.4, -0.2) is 6.61 Å². The lowest BCUT2D eigenvalue weighted by Crippen LogP contribution is -2.15. The monoisotopic (exact) mass is 374 g/mol. The second kappa shape index (κ2) is 6.88. The molecule has 1 rings (SSSR count). The Morgan fingerprint density at radius 3 is 2.44 bits per heavy atom. The van der Waals surface area contributed by atoms with E-state index in [4.69, 9.17) is 4.74 Å². The minimum atomic E-state index is 0.103. The molecule has 1 nitrogen and oxygen atoms in total. The van der Waals surface area contributed by atoms with Crippen LogP contribution in [0.3, 0.4) is 0 Å². The highest BCUT2D eigenvalue weighted by Crippen LogP contribution is 2.34. The van der Waals surface area contributed by atoms with Crippen molar-refractivity contribution in [1.82, 2.24) is 0 Å². The van der Waals surface area contributed by atoms with Crippen molar-refractivity contribution in [2.24, 2.45) is 0 Å². The molecule has 0 radical (unpaired) electrons. The molecule has 0 unspecified atom stereocenters. The summed E-state index contributed by atoms with van der Waals surface area (Å²) in [6.07, 6.45) is 4.02. The van der Waals surface area contributed by atoms with Gasteiger partial charge in [-0.1, -0.05) is 64.8 Å². The SMILES string of the molecule is CC=CCOCc1c(Br)cc(Br)cc1C(C)(C)C. The Morgan fingerprint density at radius 1 is 1.22 bits per heavy atom. The average molecular weight is 376 g/mol. The van der Waals surface area contributed by atoms with Crippen LogP contribution >= 0.6 is 31.9 Å². The van der Waals surface area contributed by atoms with E-state index in [2.05, 4.69) is 64.8 Å². The zero-order valence-electron chi connectivity index (χ0n) is 11.4. The lowest BCUT2D eigenvalue weighted by molar-refractivity contribution is 0.146. The smallest absolute Gasteiger partial charge is 0.0735 e. The van der Waals surface area contributed by atoms with Crippen LogP contribution in [0.2, 0.25) is 0 Å². The highest BCUT2D eigenvalue weighted by atomic mass is 79.9. The minimum absolute atomic E-state index is 0.103. The predicted octanol–water partition coefficient (Wildman–Crippen LogP) is 5.60. The lowest BCUT2D eigenvalue weighted by Gasteiger charge is -2.24.